The molecule has 0 aliphatic rings. The number of nitrogens with one attached hydrogen (secondary N) is 1. The highest BCUT2D eigenvalue weighted by atomic mass is 19.1. The first-order valence-electron chi connectivity index (χ1n) is 5.82. The maximum atomic E-state index is 13.5. The molecular weight excluding hydrogens is 254 g/mol. The monoisotopic (exact) mass is 268 g/mol. The molecule has 1 aromatic heterocycles. The van der Waals surface area contributed by atoms with E-state index < -0.39 is 17.4 Å². The zero-order chi connectivity index (χ0) is 14.0. The van der Waals surface area contributed by atoms with Crippen molar-refractivity contribution in [2.75, 3.05) is 0 Å². The molecule has 2 aromatic rings. The van der Waals surface area contributed by atoms with Gasteiger partial charge < -0.3 is 9.47 Å². The van der Waals surface area contributed by atoms with Crippen LogP contribution in [0.3, 0.4) is 0 Å². The Morgan fingerprint density at radius 2 is 1.79 bits per heavy atom. The molecule has 1 N–H and O–H groups in total. The minimum absolute atomic E-state index is 0.129. The second-order valence-corrected chi connectivity index (χ2v) is 4.30. The van der Waals surface area contributed by atoms with Crippen LogP contribution in [0.15, 0.2) is 18.2 Å². The zero-order valence-electron chi connectivity index (χ0n) is 10.8. The molecular formula is C13H14F2N2O2. The molecule has 0 atom stereocenters. The largest absolute Gasteiger partial charge is 0.471 e. The molecule has 102 valence electrons. The van der Waals surface area contributed by atoms with Crippen LogP contribution < -0.4 is 9.47 Å². The minimum atomic E-state index is -0.781. The Balaban J connectivity index is 2.35. The number of hydrogen-bond acceptors (Lipinski definition) is 3. The SMILES string of the molecule is Cc1[nH]nc(OC(C)C)c1Oc1c(F)cccc1F. The molecule has 1 aromatic carbocycles. The average molecular weight is 268 g/mol. The number of ether oxygens (including phenoxy) is 2. The summed E-state index contributed by atoms with van der Waals surface area (Å²) in [5.74, 6) is -1.68. The normalized spacial score (nSPS) is 10.8. The molecule has 0 aliphatic carbocycles. The van der Waals surface area contributed by atoms with Crippen LogP contribution in [0.1, 0.15) is 19.5 Å². The number of hydrogen-bond donors (Lipinski definition) is 1. The number of rotatable bonds is 4. The number of halogens is 2. The summed E-state index contributed by atoms with van der Waals surface area (Å²) in [6.45, 7) is 5.31. The third-order valence-corrected chi connectivity index (χ3v) is 2.33. The summed E-state index contributed by atoms with van der Waals surface area (Å²) in [6.07, 6.45) is -0.129. The van der Waals surface area contributed by atoms with Crippen molar-refractivity contribution in [3.8, 4) is 17.4 Å². The minimum Gasteiger partial charge on any atom is -0.471 e. The topological polar surface area (TPSA) is 47.1 Å². The van der Waals surface area contributed by atoms with Crippen molar-refractivity contribution in [3.63, 3.8) is 0 Å². The van der Waals surface area contributed by atoms with Crippen LogP contribution in [0, 0.1) is 18.6 Å². The first kappa shape index (κ1) is 13.3. The second kappa shape index (κ2) is 5.26. The lowest BCUT2D eigenvalue weighted by Gasteiger charge is -2.11. The van der Waals surface area contributed by atoms with Gasteiger partial charge in [-0.2, -0.15) is 0 Å². The third-order valence-electron chi connectivity index (χ3n) is 2.33. The molecule has 0 saturated carbocycles. The molecule has 4 nitrogen and oxygen atoms in total. The fourth-order valence-corrected chi connectivity index (χ4v) is 1.50. The van der Waals surface area contributed by atoms with Gasteiger partial charge in [-0.15, -0.1) is 5.10 Å². The van der Waals surface area contributed by atoms with E-state index >= 15 is 0 Å². The van der Waals surface area contributed by atoms with Gasteiger partial charge in [0.2, 0.25) is 5.75 Å². The van der Waals surface area contributed by atoms with Gasteiger partial charge in [0, 0.05) is 0 Å². The summed E-state index contributed by atoms with van der Waals surface area (Å²) in [4.78, 5) is 0. The lowest BCUT2D eigenvalue weighted by Crippen LogP contribution is -2.06. The van der Waals surface area contributed by atoms with Crippen LogP contribution in [0.4, 0.5) is 8.78 Å². The van der Waals surface area contributed by atoms with E-state index in [0.717, 1.165) is 12.1 Å². The summed E-state index contributed by atoms with van der Waals surface area (Å²) >= 11 is 0. The zero-order valence-corrected chi connectivity index (χ0v) is 10.8. The van der Waals surface area contributed by atoms with Gasteiger partial charge in [-0.3, -0.25) is 5.10 Å². The Morgan fingerprint density at radius 1 is 1.16 bits per heavy atom. The Morgan fingerprint density at radius 3 is 2.37 bits per heavy atom. The molecule has 1 heterocycles. The van der Waals surface area contributed by atoms with E-state index in [1.54, 1.807) is 6.92 Å². The summed E-state index contributed by atoms with van der Waals surface area (Å²) < 4.78 is 37.7. The molecule has 0 aliphatic heterocycles. The van der Waals surface area contributed by atoms with Crippen molar-refractivity contribution in [3.05, 3.63) is 35.5 Å². The maximum Gasteiger partial charge on any atom is 0.276 e. The van der Waals surface area contributed by atoms with Crippen LogP contribution >= 0.6 is 0 Å². The Kier molecular flexibility index (Phi) is 3.69. The number of H-pyrrole nitrogens is 1. The molecule has 0 amide bonds. The van der Waals surface area contributed by atoms with Gasteiger partial charge in [0.05, 0.1) is 11.8 Å². The van der Waals surface area contributed by atoms with Crippen LogP contribution in [0.25, 0.3) is 0 Å². The first-order chi connectivity index (χ1) is 8.99. The number of nitrogens with zero attached hydrogens (tertiary/aromatic N) is 1. The van der Waals surface area contributed by atoms with Gasteiger partial charge >= 0.3 is 0 Å². The van der Waals surface area contributed by atoms with Crippen molar-refractivity contribution in [1.29, 1.82) is 0 Å². The number of para-hydroxylation sites is 1. The molecule has 0 bridgehead atoms. The predicted octanol–water partition coefficient (Wildman–Crippen LogP) is 3.58. The second-order valence-electron chi connectivity index (χ2n) is 4.30. The molecule has 0 radical (unpaired) electrons. The smallest absolute Gasteiger partial charge is 0.276 e. The van der Waals surface area contributed by atoms with Crippen LogP contribution in [0.2, 0.25) is 0 Å². The van der Waals surface area contributed by atoms with Crippen LogP contribution in [0.5, 0.6) is 17.4 Å². The Hall–Kier alpha value is -2.11. The van der Waals surface area contributed by atoms with E-state index in [1.165, 1.54) is 6.07 Å². The van der Waals surface area contributed by atoms with E-state index in [2.05, 4.69) is 10.2 Å². The summed E-state index contributed by atoms with van der Waals surface area (Å²) in [6, 6.07) is 3.51. The van der Waals surface area contributed by atoms with Gasteiger partial charge in [0.1, 0.15) is 0 Å². The fraction of sp³-hybridized carbons (Fsp3) is 0.308. The van der Waals surface area contributed by atoms with E-state index in [9.17, 15) is 8.78 Å². The van der Waals surface area contributed by atoms with Crippen molar-refractivity contribution in [2.24, 2.45) is 0 Å². The van der Waals surface area contributed by atoms with E-state index in [-0.39, 0.29) is 17.7 Å². The quantitative estimate of drug-likeness (QED) is 0.922. The number of benzene rings is 1. The highest BCUT2D eigenvalue weighted by molar-refractivity contribution is 5.42. The molecule has 6 heteroatoms. The van der Waals surface area contributed by atoms with Crippen LogP contribution in [-0.2, 0) is 0 Å². The van der Waals surface area contributed by atoms with Crippen molar-refractivity contribution in [2.45, 2.75) is 26.9 Å². The average Bonchev–Trinajstić information content (AvgIpc) is 2.65. The van der Waals surface area contributed by atoms with Gasteiger partial charge in [0.25, 0.3) is 5.88 Å². The molecule has 0 spiro atoms. The first-order valence-corrected chi connectivity index (χ1v) is 5.82. The summed E-state index contributed by atoms with van der Waals surface area (Å²) in [5, 5.41) is 6.55. The number of aromatic nitrogens is 2. The highest BCUT2D eigenvalue weighted by Crippen LogP contribution is 2.35. The third kappa shape index (κ3) is 2.83. The highest BCUT2D eigenvalue weighted by Gasteiger charge is 2.19. The predicted molar refractivity (Wildman–Crippen MR) is 65.5 cm³/mol. The molecule has 19 heavy (non-hydrogen) atoms. The summed E-state index contributed by atoms with van der Waals surface area (Å²) in [7, 11) is 0. The fourth-order valence-electron chi connectivity index (χ4n) is 1.50. The lowest BCUT2D eigenvalue weighted by molar-refractivity contribution is 0.223. The van der Waals surface area contributed by atoms with E-state index in [1.807, 2.05) is 13.8 Å². The maximum absolute atomic E-state index is 13.5. The van der Waals surface area contributed by atoms with E-state index in [0.29, 0.717) is 5.69 Å². The van der Waals surface area contributed by atoms with Crippen molar-refractivity contribution < 1.29 is 18.3 Å². The van der Waals surface area contributed by atoms with Gasteiger partial charge in [-0.25, -0.2) is 8.78 Å². The van der Waals surface area contributed by atoms with Crippen LogP contribution in [-0.4, -0.2) is 16.3 Å². The van der Waals surface area contributed by atoms with Gasteiger partial charge in [-0.1, -0.05) is 6.07 Å². The molecule has 2 rings (SSSR count). The number of aryl methyl sites for hydroxylation is 1. The summed E-state index contributed by atoms with van der Waals surface area (Å²) in [5.41, 5.74) is 0.526. The van der Waals surface area contributed by atoms with E-state index in [4.69, 9.17) is 9.47 Å². The molecule has 0 unspecified atom stereocenters. The Labute approximate surface area is 109 Å². The lowest BCUT2D eigenvalue weighted by atomic mass is 10.3. The standard InChI is InChI=1S/C13H14F2N2O2/c1-7(2)18-13-11(8(3)16-17-13)19-12-9(14)5-4-6-10(12)15/h4-7H,1-3H3,(H,16,17). The van der Waals surface area contributed by atoms with Crippen molar-refractivity contribution >= 4 is 0 Å². The molecule has 0 saturated heterocycles. The Bertz CT molecular complexity index is 562. The van der Waals surface area contributed by atoms with Gasteiger partial charge in [-0.05, 0) is 32.9 Å². The van der Waals surface area contributed by atoms with Gasteiger partial charge in [0.15, 0.2) is 17.4 Å². The molecule has 0 fully saturated rings. The van der Waals surface area contributed by atoms with Crippen molar-refractivity contribution in [1.82, 2.24) is 10.2 Å². The number of aromatic amines is 1.